The second-order valence-electron chi connectivity index (χ2n) is 5.61. The molecule has 0 bridgehead atoms. The first-order valence-corrected chi connectivity index (χ1v) is 8.49. The van der Waals surface area contributed by atoms with Gasteiger partial charge in [-0.1, -0.05) is 0 Å². The Bertz CT molecular complexity index is 454. The van der Waals surface area contributed by atoms with Crippen LogP contribution in [0.3, 0.4) is 0 Å². The number of nitrogens with zero attached hydrogens (tertiary/aromatic N) is 3. The smallest absolute Gasteiger partial charge is 0.306 e. The fourth-order valence-corrected chi connectivity index (χ4v) is 3.51. The van der Waals surface area contributed by atoms with Crippen LogP contribution < -0.4 is 4.90 Å². The molecule has 0 atom stereocenters. The van der Waals surface area contributed by atoms with Crippen LogP contribution in [0.25, 0.3) is 0 Å². The van der Waals surface area contributed by atoms with Gasteiger partial charge < -0.3 is 14.5 Å². The number of rotatable bonds is 6. The number of aryl methyl sites for hydroxylation is 1. The molecular weight excluding hydrogens is 286 g/mol. The van der Waals surface area contributed by atoms with Gasteiger partial charge in [0.1, 0.15) is 0 Å². The zero-order valence-corrected chi connectivity index (χ0v) is 14.0. The molecule has 0 aromatic carbocycles. The standard InChI is InChI=1S/C15H25N3O2S/c1-4-20-14(19)6-5-12-11-21-15(16-12)18-9-7-13(8-10-18)17(2)3/h11,13H,4-10H2,1-3H3. The van der Waals surface area contributed by atoms with Gasteiger partial charge in [0.15, 0.2) is 5.13 Å². The number of hydrogen-bond acceptors (Lipinski definition) is 6. The third-order valence-electron chi connectivity index (χ3n) is 3.90. The van der Waals surface area contributed by atoms with E-state index >= 15 is 0 Å². The molecule has 1 saturated heterocycles. The van der Waals surface area contributed by atoms with Gasteiger partial charge in [-0.05, 0) is 33.9 Å². The molecule has 0 spiro atoms. The lowest BCUT2D eigenvalue weighted by molar-refractivity contribution is -0.143. The van der Waals surface area contributed by atoms with Crippen LogP contribution in [-0.4, -0.2) is 55.7 Å². The highest BCUT2D eigenvalue weighted by molar-refractivity contribution is 7.13. The number of hydrogen-bond donors (Lipinski definition) is 0. The van der Waals surface area contributed by atoms with E-state index in [4.69, 9.17) is 4.74 Å². The number of anilines is 1. The number of ether oxygens (including phenoxy) is 1. The number of carbonyl (C=O) groups is 1. The molecule has 21 heavy (non-hydrogen) atoms. The summed E-state index contributed by atoms with van der Waals surface area (Å²) in [7, 11) is 4.30. The van der Waals surface area contributed by atoms with E-state index in [9.17, 15) is 4.79 Å². The van der Waals surface area contributed by atoms with Crippen LogP contribution in [0.15, 0.2) is 5.38 Å². The fraction of sp³-hybridized carbons (Fsp3) is 0.733. The Hall–Kier alpha value is -1.14. The summed E-state index contributed by atoms with van der Waals surface area (Å²) >= 11 is 1.68. The van der Waals surface area contributed by atoms with Crippen molar-refractivity contribution in [2.75, 3.05) is 38.7 Å². The van der Waals surface area contributed by atoms with E-state index in [2.05, 4.69) is 34.3 Å². The van der Waals surface area contributed by atoms with Crippen molar-refractivity contribution in [1.82, 2.24) is 9.88 Å². The topological polar surface area (TPSA) is 45.7 Å². The molecular formula is C15H25N3O2S. The van der Waals surface area contributed by atoms with E-state index in [1.165, 1.54) is 12.8 Å². The average molecular weight is 311 g/mol. The number of aromatic nitrogens is 1. The maximum absolute atomic E-state index is 11.4. The van der Waals surface area contributed by atoms with Crippen LogP contribution in [0, 0.1) is 0 Å². The number of thiazole rings is 1. The van der Waals surface area contributed by atoms with Crippen molar-refractivity contribution in [2.45, 2.75) is 38.6 Å². The fourth-order valence-electron chi connectivity index (χ4n) is 2.59. The van der Waals surface area contributed by atoms with Crippen molar-refractivity contribution in [1.29, 1.82) is 0 Å². The molecule has 2 rings (SSSR count). The van der Waals surface area contributed by atoms with Crippen molar-refractivity contribution < 1.29 is 9.53 Å². The zero-order chi connectivity index (χ0) is 15.2. The van der Waals surface area contributed by atoms with Crippen molar-refractivity contribution in [3.8, 4) is 0 Å². The van der Waals surface area contributed by atoms with Gasteiger partial charge in [-0.3, -0.25) is 4.79 Å². The van der Waals surface area contributed by atoms with E-state index in [1.807, 2.05) is 6.92 Å². The van der Waals surface area contributed by atoms with Crippen molar-refractivity contribution in [3.05, 3.63) is 11.1 Å². The normalized spacial score (nSPS) is 16.5. The highest BCUT2D eigenvalue weighted by atomic mass is 32.1. The average Bonchev–Trinajstić information content (AvgIpc) is 2.94. The maximum Gasteiger partial charge on any atom is 0.306 e. The summed E-state index contributed by atoms with van der Waals surface area (Å²) in [5, 5.41) is 3.15. The minimum Gasteiger partial charge on any atom is -0.466 e. The lowest BCUT2D eigenvalue weighted by Crippen LogP contribution is -2.41. The van der Waals surface area contributed by atoms with E-state index in [0.29, 0.717) is 25.5 Å². The lowest BCUT2D eigenvalue weighted by Gasteiger charge is -2.35. The molecule has 6 heteroatoms. The Kier molecular flexibility index (Phi) is 5.99. The van der Waals surface area contributed by atoms with Gasteiger partial charge in [0.25, 0.3) is 0 Å². The summed E-state index contributed by atoms with van der Waals surface area (Å²) in [4.78, 5) is 20.7. The van der Waals surface area contributed by atoms with Gasteiger partial charge in [-0.2, -0.15) is 0 Å². The zero-order valence-electron chi connectivity index (χ0n) is 13.2. The summed E-state index contributed by atoms with van der Waals surface area (Å²) < 4.78 is 4.94. The highest BCUT2D eigenvalue weighted by Crippen LogP contribution is 2.25. The Balaban J connectivity index is 1.82. The summed E-state index contributed by atoms with van der Waals surface area (Å²) in [6.45, 7) is 4.40. The van der Waals surface area contributed by atoms with Crippen molar-refractivity contribution >= 4 is 22.4 Å². The van der Waals surface area contributed by atoms with Gasteiger partial charge in [0.2, 0.25) is 0 Å². The number of carbonyl (C=O) groups excluding carboxylic acids is 1. The molecule has 1 aliphatic heterocycles. The summed E-state index contributed by atoms with van der Waals surface area (Å²) in [6.07, 6.45) is 3.46. The minimum absolute atomic E-state index is 0.140. The summed E-state index contributed by atoms with van der Waals surface area (Å²) in [5.41, 5.74) is 0.998. The van der Waals surface area contributed by atoms with Gasteiger partial charge in [0.05, 0.1) is 18.7 Å². The molecule has 0 unspecified atom stereocenters. The van der Waals surface area contributed by atoms with Crippen LogP contribution in [0.1, 0.15) is 31.9 Å². The number of esters is 1. The van der Waals surface area contributed by atoms with E-state index in [-0.39, 0.29) is 5.97 Å². The van der Waals surface area contributed by atoms with Crippen LogP contribution in [0.4, 0.5) is 5.13 Å². The van der Waals surface area contributed by atoms with E-state index in [1.54, 1.807) is 11.3 Å². The Morgan fingerprint density at radius 3 is 2.81 bits per heavy atom. The Morgan fingerprint density at radius 1 is 1.48 bits per heavy atom. The SMILES string of the molecule is CCOC(=O)CCc1csc(N2CCC(N(C)C)CC2)n1. The minimum atomic E-state index is -0.140. The molecule has 1 aliphatic rings. The first-order chi connectivity index (χ1) is 10.1. The first-order valence-electron chi connectivity index (χ1n) is 7.61. The predicted molar refractivity (Wildman–Crippen MR) is 86.0 cm³/mol. The molecule has 1 aromatic rings. The van der Waals surface area contributed by atoms with Gasteiger partial charge in [-0.25, -0.2) is 4.98 Å². The highest BCUT2D eigenvalue weighted by Gasteiger charge is 2.22. The number of piperidine rings is 1. The van der Waals surface area contributed by atoms with Crippen LogP contribution in [0.2, 0.25) is 0 Å². The Labute approximate surface area is 130 Å². The van der Waals surface area contributed by atoms with Crippen molar-refractivity contribution in [3.63, 3.8) is 0 Å². The van der Waals surface area contributed by atoms with Gasteiger partial charge in [-0.15, -0.1) is 11.3 Å². The monoisotopic (exact) mass is 311 g/mol. The molecule has 0 N–H and O–H groups in total. The lowest BCUT2D eigenvalue weighted by atomic mass is 10.0. The van der Waals surface area contributed by atoms with Crippen LogP contribution >= 0.6 is 11.3 Å². The quantitative estimate of drug-likeness (QED) is 0.754. The van der Waals surface area contributed by atoms with Crippen LogP contribution in [0.5, 0.6) is 0 Å². The predicted octanol–water partition coefficient (Wildman–Crippen LogP) is 2.17. The first kappa shape index (κ1) is 16.2. The molecule has 0 radical (unpaired) electrons. The molecule has 0 aliphatic carbocycles. The third-order valence-corrected chi connectivity index (χ3v) is 4.85. The molecule has 1 fully saturated rings. The summed E-state index contributed by atoms with van der Waals surface area (Å²) in [5.74, 6) is -0.140. The molecule has 0 saturated carbocycles. The Morgan fingerprint density at radius 2 is 2.19 bits per heavy atom. The molecule has 5 nitrogen and oxygen atoms in total. The molecule has 118 valence electrons. The summed E-state index contributed by atoms with van der Waals surface area (Å²) in [6, 6.07) is 0.685. The van der Waals surface area contributed by atoms with Crippen LogP contribution in [-0.2, 0) is 16.0 Å². The van der Waals surface area contributed by atoms with Gasteiger partial charge in [0, 0.05) is 30.9 Å². The molecule has 0 amide bonds. The third kappa shape index (κ3) is 4.68. The maximum atomic E-state index is 11.4. The van der Waals surface area contributed by atoms with E-state index < -0.39 is 0 Å². The molecule has 1 aromatic heterocycles. The molecule has 2 heterocycles. The van der Waals surface area contributed by atoms with Gasteiger partial charge >= 0.3 is 5.97 Å². The van der Waals surface area contributed by atoms with E-state index in [0.717, 1.165) is 23.9 Å². The largest absolute Gasteiger partial charge is 0.466 e. The van der Waals surface area contributed by atoms with Crippen molar-refractivity contribution in [2.24, 2.45) is 0 Å². The second kappa shape index (κ2) is 7.75. The second-order valence-corrected chi connectivity index (χ2v) is 6.44.